The van der Waals surface area contributed by atoms with E-state index in [0.717, 1.165) is 52.6 Å². The summed E-state index contributed by atoms with van der Waals surface area (Å²) >= 11 is 3.45. The Bertz CT molecular complexity index is 596. The maximum absolute atomic E-state index is 4.65. The third-order valence-corrected chi connectivity index (χ3v) is 3.65. The van der Waals surface area contributed by atoms with Gasteiger partial charge in [-0.2, -0.15) is 0 Å². The number of anilines is 3. The smallest absolute Gasteiger partial charge is 0.139 e. The number of halogens is 1. The summed E-state index contributed by atoms with van der Waals surface area (Å²) in [6.45, 7) is 7.09. The Kier molecular flexibility index (Phi) is 5.56. The van der Waals surface area contributed by atoms with Gasteiger partial charge in [-0.1, -0.05) is 22.9 Å². The van der Waals surface area contributed by atoms with Crippen molar-refractivity contribution in [3.05, 3.63) is 40.1 Å². The Labute approximate surface area is 134 Å². The standard InChI is InChI=1S/C16H21BrN4/c1-4-6-14-20-15(18-5-2)11(3)16(21-14)19-13-9-7-12(17)8-10-13/h7-10H,4-6H2,1-3H3,(H2,18,19,20,21). The third kappa shape index (κ3) is 4.17. The molecule has 5 heteroatoms. The van der Waals surface area contributed by atoms with Gasteiger partial charge in [0.2, 0.25) is 0 Å². The van der Waals surface area contributed by atoms with E-state index in [-0.39, 0.29) is 0 Å². The zero-order valence-electron chi connectivity index (χ0n) is 12.7. The van der Waals surface area contributed by atoms with Crippen LogP contribution in [0.2, 0.25) is 0 Å². The average Bonchev–Trinajstić information content (AvgIpc) is 2.47. The van der Waals surface area contributed by atoms with Crippen molar-refractivity contribution >= 4 is 33.3 Å². The Balaban J connectivity index is 2.33. The van der Waals surface area contributed by atoms with Gasteiger partial charge in [0.1, 0.15) is 17.5 Å². The number of aromatic nitrogens is 2. The van der Waals surface area contributed by atoms with Crippen molar-refractivity contribution in [2.24, 2.45) is 0 Å². The van der Waals surface area contributed by atoms with Crippen molar-refractivity contribution in [2.75, 3.05) is 17.2 Å². The molecule has 0 saturated heterocycles. The van der Waals surface area contributed by atoms with Crippen molar-refractivity contribution in [2.45, 2.75) is 33.6 Å². The lowest BCUT2D eigenvalue weighted by atomic mass is 10.2. The second-order valence-corrected chi connectivity index (χ2v) is 5.79. The number of aryl methyl sites for hydroxylation is 1. The SMILES string of the molecule is CCCc1nc(NCC)c(C)c(Nc2ccc(Br)cc2)n1. The van der Waals surface area contributed by atoms with Gasteiger partial charge in [0.25, 0.3) is 0 Å². The molecule has 112 valence electrons. The van der Waals surface area contributed by atoms with Crippen LogP contribution in [0.25, 0.3) is 0 Å². The van der Waals surface area contributed by atoms with Crippen LogP contribution in [0.15, 0.2) is 28.7 Å². The summed E-state index contributed by atoms with van der Waals surface area (Å²) in [7, 11) is 0. The summed E-state index contributed by atoms with van der Waals surface area (Å²) < 4.78 is 1.06. The molecule has 0 fully saturated rings. The minimum Gasteiger partial charge on any atom is -0.370 e. The number of nitrogens with zero attached hydrogens (tertiary/aromatic N) is 2. The first-order chi connectivity index (χ1) is 10.1. The zero-order chi connectivity index (χ0) is 15.2. The first-order valence-corrected chi connectivity index (χ1v) is 8.07. The molecule has 0 aliphatic carbocycles. The molecule has 0 aliphatic rings. The number of hydrogen-bond acceptors (Lipinski definition) is 4. The lowest BCUT2D eigenvalue weighted by molar-refractivity contribution is 0.833. The van der Waals surface area contributed by atoms with E-state index in [1.165, 1.54) is 0 Å². The number of nitrogens with one attached hydrogen (secondary N) is 2. The molecule has 0 aliphatic heterocycles. The fourth-order valence-electron chi connectivity index (χ4n) is 2.03. The van der Waals surface area contributed by atoms with Crippen LogP contribution in [0.4, 0.5) is 17.3 Å². The van der Waals surface area contributed by atoms with E-state index in [1.54, 1.807) is 0 Å². The van der Waals surface area contributed by atoms with E-state index in [9.17, 15) is 0 Å². The van der Waals surface area contributed by atoms with Gasteiger partial charge in [-0.05, 0) is 44.5 Å². The molecular weight excluding hydrogens is 328 g/mol. The molecule has 0 bridgehead atoms. The molecule has 4 nitrogen and oxygen atoms in total. The van der Waals surface area contributed by atoms with Crippen LogP contribution in [0.3, 0.4) is 0 Å². The molecule has 1 aromatic carbocycles. The van der Waals surface area contributed by atoms with Gasteiger partial charge in [0, 0.05) is 28.7 Å². The van der Waals surface area contributed by atoms with Crippen LogP contribution in [-0.4, -0.2) is 16.5 Å². The van der Waals surface area contributed by atoms with Gasteiger partial charge in [0.05, 0.1) is 0 Å². The average molecular weight is 349 g/mol. The normalized spacial score (nSPS) is 10.5. The maximum atomic E-state index is 4.65. The molecule has 1 aromatic heterocycles. The zero-order valence-corrected chi connectivity index (χ0v) is 14.3. The van der Waals surface area contributed by atoms with E-state index in [1.807, 2.05) is 31.2 Å². The van der Waals surface area contributed by atoms with Crippen LogP contribution in [-0.2, 0) is 6.42 Å². The van der Waals surface area contributed by atoms with Crippen molar-refractivity contribution < 1.29 is 0 Å². The molecule has 0 radical (unpaired) electrons. The predicted molar refractivity (Wildman–Crippen MR) is 92.4 cm³/mol. The summed E-state index contributed by atoms with van der Waals surface area (Å²) in [4.78, 5) is 9.25. The predicted octanol–water partition coefficient (Wildman–Crippen LogP) is 4.68. The molecule has 0 saturated carbocycles. The third-order valence-electron chi connectivity index (χ3n) is 3.12. The summed E-state index contributed by atoms with van der Waals surface area (Å²) in [5, 5.41) is 6.70. The molecule has 0 atom stereocenters. The van der Waals surface area contributed by atoms with E-state index in [2.05, 4.69) is 50.4 Å². The van der Waals surface area contributed by atoms with Crippen LogP contribution in [0, 0.1) is 6.92 Å². The second kappa shape index (κ2) is 7.41. The first-order valence-electron chi connectivity index (χ1n) is 7.28. The molecule has 1 heterocycles. The molecule has 2 aromatic rings. The van der Waals surface area contributed by atoms with Gasteiger partial charge < -0.3 is 10.6 Å². The largest absolute Gasteiger partial charge is 0.370 e. The van der Waals surface area contributed by atoms with Crippen LogP contribution < -0.4 is 10.6 Å². The maximum Gasteiger partial charge on any atom is 0.139 e. The van der Waals surface area contributed by atoms with Crippen molar-refractivity contribution in [1.82, 2.24) is 9.97 Å². The van der Waals surface area contributed by atoms with Gasteiger partial charge in [0.15, 0.2) is 0 Å². The quantitative estimate of drug-likeness (QED) is 0.795. The van der Waals surface area contributed by atoms with Crippen molar-refractivity contribution in [3.63, 3.8) is 0 Å². The Morgan fingerprint density at radius 3 is 2.33 bits per heavy atom. The summed E-state index contributed by atoms with van der Waals surface area (Å²) in [6.07, 6.45) is 1.92. The highest BCUT2D eigenvalue weighted by Crippen LogP contribution is 2.24. The fraction of sp³-hybridized carbons (Fsp3) is 0.375. The van der Waals surface area contributed by atoms with E-state index >= 15 is 0 Å². The van der Waals surface area contributed by atoms with Gasteiger partial charge in [-0.3, -0.25) is 0 Å². The minimum absolute atomic E-state index is 0.848. The Morgan fingerprint density at radius 2 is 1.71 bits per heavy atom. The molecule has 2 rings (SSSR count). The summed E-state index contributed by atoms with van der Waals surface area (Å²) in [5.74, 6) is 2.65. The van der Waals surface area contributed by atoms with E-state index < -0.39 is 0 Å². The van der Waals surface area contributed by atoms with Crippen molar-refractivity contribution in [3.8, 4) is 0 Å². The molecular formula is C16H21BrN4. The number of benzene rings is 1. The summed E-state index contributed by atoms with van der Waals surface area (Å²) in [5.41, 5.74) is 2.06. The van der Waals surface area contributed by atoms with E-state index in [0.29, 0.717) is 0 Å². The second-order valence-electron chi connectivity index (χ2n) is 4.87. The topological polar surface area (TPSA) is 49.8 Å². The number of rotatable bonds is 6. The number of hydrogen-bond donors (Lipinski definition) is 2. The lowest BCUT2D eigenvalue weighted by Crippen LogP contribution is -2.09. The highest BCUT2D eigenvalue weighted by Gasteiger charge is 2.10. The van der Waals surface area contributed by atoms with Crippen LogP contribution in [0.1, 0.15) is 31.7 Å². The van der Waals surface area contributed by atoms with Crippen molar-refractivity contribution in [1.29, 1.82) is 0 Å². The van der Waals surface area contributed by atoms with Crippen LogP contribution >= 0.6 is 15.9 Å². The molecule has 0 spiro atoms. The highest BCUT2D eigenvalue weighted by atomic mass is 79.9. The minimum atomic E-state index is 0.848. The van der Waals surface area contributed by atoms with Gasteiger partial charge >= 0.3 is 0 Å². The van der Waals surface area contributed by atoms with Crippen LogP contribution in [0.5, 0.6) is 0 Å². The molecule has 21 heavy (non-hydrogen) atoms. The molecule has 2 N–H and O–H groups in total. The molecule has 0 unspecified atom stereocenters. The fourth-order valence-corrected chi connectivity index (χ4v) is 2.29. The molecule has 0 amide bonds. The summed E-state index contributed by atoms with van der Waals surface area (Å²) in [6, 6.07) is 8.07. The van der Waals surface area contributed by atoms with Gasteiger partial charge in [-0.25, -0.2) is 9.97 Å². The lowest BCUT2D eigenvalue weighted by Gasteiger charge is -2.14. The van der Waals surface area contributed by atoms with Gasteiger partial charge in [-0.15, -0.1) is 0 Å². The Morgan fingerprint density at radius 1 is 1.05 bits per heavy atom. The van der Waals surface area contributed by atoms with E-state index in [4.69, 9.17) is 0 Å². The first kappa shape index (κ1) is 15.8. The monoisotopic (exact) mass is 348 g/mol. The highest BCUT2D eigenvalue weighted by molar-refractivity contribution is 9.10. The Hall–Kier alpha value is -1.62.